The molecule has 1 rings (SSSR count). The minimum atomic E-state index is 0.0447. The largest absolute Gasteiger partial charge is 0.392 e. The number of rotatable bonds is 2. The quantitative estimate of drug-likeness (QED) is 0.814. The van der Waals surface area contributed by atoms with Crippen molar-refractivity contribution in [1.82, 2.24) is 4.98 Å². The number of halogens is 1. The predicted octanol–water partition coefficient (Wildman–Crippen LogP) is 1.85. The van der Waals surface area contributed by atoms with E-state index in [9.17, 15) is 0 Å². The van der Waals surface area contributed by atoms with Crippen LogP contribution in [0.2, 0.25) is 0 Å². The lowest BCUT2D eigenvalue weighted by molar-refractivity contribution is 0.343. The average Bonchev–Trinajstić information content (AvgIpc) is 2.03. The molecule has 58 valence electrons. The smallest absolute Gasteiger partial charge is 0.0769 e. The van der Waals surface area contributed by atoms with Crippen molar-refractivity contribution < 1.29 is 5.11 Å². The van der Waals surface area contributed by atoms with Crippen molar-refractivity contribution in [3.05, 3.63) is 34.6 Å². The first-order valence-corrected chi connectivity index (χ1v) is 4.02. The Hall–Kier alpha value is -0.670. The summed E-state index contributed by atoms with van der Waals surface area (Å²) in [6, 6.07) is 3.75. The Kier molecular flexibility index (Phi) is 3.26. The van der Waals surface area contributed by atoms with Crippen LogP contribution in [0.4, 0.5) is 0 Å². The monoisotopic (exact) mass is 213 g/mol. The van der Waals surface area contributed by atoms with Gasteiger partial charge in [0.25, 0.3) is 0 Å². The van der Waals surface area contributed by atoms with Gasteiger partial charge in [0, 0.05) is 10.7 Å². The van der Waals surface area contributed by atoms with E-state index < -0.39 is 0 Å². The molecule has 1 aromatic heterocycles. The SMILES string of the molecule is OC/C=C/c1ncccc1Br. The van der Waals surface area contributed by atoms with Crippen LogP contribution >= 0.6 is 15.9 Å². The summed E-state index contributed by atoms with van der Waals surface area (Å²) in [6.07, 6.45) is 5.12. The number of aliphatic hydroxyl groups excluding tert-OH is 1. The third-order valence-electron chi connectivity index (χ3n) is 1.17. The van der Waals surface area contributed by atoms with Crippen LogP contribution in [0.3, 0.4) is 0 Å². The van der Waals surface area contributed by atoms with Crippen LogP contribution in [0.25, 0.3) is 6.08 Å². The van der Waals surface area contributed by atoms with Crippen molar-refractivity contribution in [3.8, 4) is 0 Å². The van der Waals surface area contributed by atoms with E-state index in [0.717, 1.165) is 10.2 Å². The Balaban J connectivity index is 2.86. The Morgan fingerprint density at radius 2 is 2.45 bits per heavy atom. The van der Waals surface area contributed by atoms with Crippen molar-refractivity contribution in [1.29, 1.82) is 0 Å². The van der Waals surface area contributed by atoms with Crippen LogP contribution in [0, 0.1) is 0 Å². The minimum absolute atomic E-state index is 0.0447. The molecule has 0 unspecified atom stereocenters. The van der Waals surface area contributed by atoms with Crippen molar-refractivity contribution >= 4 is 22.0 Å². The normalized spacial score (nSPS) is 10.7. The summed E-state index contributed by atoms with van der Waals surface area (Å²) in [4.78, 5) is 4.07. The highest BCUT2D eigenvalue weighted by Gasteiger charge is 1.92. The number of aliphatic hydroxyl groups is 1. The van der Waals surface area contributed by atoms with Gasteiger partial charge in [-0.05, 0) is 34.1 Å². The molecule has 0 aromatic carbocycles. The maximum Gasteiger partial charge on any atom is 0.0769 e. The summed E-state index contributed by atoms with van der Waals surface area (Å²) >= 11 is 3.33. The molecule has 0 radical (unpaired) electrons. The zero-order valence-electron chi connectivity index (χ0n) is 5.87. The van der Waals surface area contributed by atoms with Gasteiger partial charge in [0.1, 0.15) is 0 Å². The maximum atomic E-state index is 8.49. The highest BCUT2D eigenvalue weighted by Crippen LogP contribution is 2.13. The number of nitrogens with zero attached hydrogens (tertiary/aromatic N) is 1. The van der Waals surface area contributed by atoms with Crippen LogP contribution < -0.4 is 0 Å². The maximum absolute atomic E-state index is 8.49. The molecule has 0 amide bonds. The molecule has 11 heavy (non-hydrogen) atoms. The van der Waals surface area contributed by atoms with Gasteiger partial charge in [-0.2, -0.15) is 0 Å². The molecule has 0 aliphatic carbocycles. The molecule has 0 fully saturated rings. The lowest BCUT2D eigenvalue weighted by Crippen LogP contribution is -1.81. The Morgan fingerprint density at radius 1 is 1.64 bits per heavy atom. The standard InChI is InChI=1S/C8H8BrNO/c9-7-3-1-5-10-8(7)4-2-6-11/h1-5,11H,6H2/b4-2+. The molecule has 0 spiro atoms. The molecule has 0 atom stereocenters. The molecule has 0 aliphatic rings. The van der Waals surface area contributed by atoms with Crippen LogP contribution in [0.15, 0.2) is 28.9 Å². The summed E-state index contributed by atoms with van der Waals surface area (Å²) in [7, 11) is 0. The summed E-state index contributed by atoms with van der Waals surface area (Å²) < 4.78 is 0.935. The second kappa shape index (κ2) is 4.26. The van der Waals surface area contributed by atoms with Crippen molar-refractivity contribution in [2.24, 2.45) is 0 Å². The van der Waals surface area contributed by atoms with E-state index in [0.29, 0.717) is 0 Å². The molecule has 0 saturated heterocycles. The molecule has 3 heteroatoms. The second-order valence-electron chi connectivity index (χ2n) is 1.96. The number of pyridine rings is 1. The zero-order chi connectivity index (χ0) is 8.10. The molecular formula is C8H8BrNO. The van der Waals surface area contributed by atoms with Crippen molar-refractivity contribution in [3.63, 3.8) is 0 Å². The van der Waals surface area contributed by atoms with Crippen LogP contribution in [-0.2, 0) is 0 Å². The highest BCUT2D eigenvalue weighted by atomic mass is 79.9. The third-order valence-corrected chi connectivity index (χ3v) is 1.84. The number of hydrogen-bond donors (Lipinski definition) is 1. The van der Waals surface area contributed by atoms with E-state index in [1.165, 1.54) is 0 Å². The van der Waals surface area contributed by atoms with Crippen LogP contribution in [0.1, 0.15) is 5.69 Å². The predicted molar refractivity (Wildman–Crippen MR) is 48.1 cm³/mol. The molecular weight excluding hydrogens is 206 g/mol. The zero-order valence-corrected chi connectivity index (χ0v) is 7.45. The first-order chi connectivity index (χ1) is 5.34. The average molecular weight is 214 g/mol. The molecule has 1 heterocycles. The van der Waals surface area contributed by atoms with Gasteiger partial charge in [0.15, 0.2) is 0 Å². The first-order valence-electron chi connectivity index (χ1n) is 3.22. The van der Waals surface area contributed by atoms with E-state index >= 15 is 0 Å². The van der Waals surface area contributed by atoms with E-state index in [4.69, 9.17) is 5.11 Å². The summed E-state index contributed by atoms with van der Waals surface area (Å²) in [5, 5.41) is 8.49. The topological polar surface area (TPSA) is 33.1 Å². The van der Waals surface area contributed by atoms with Crippen molar-refractivity contribution in [2.75, 3.05) is 6.61 Å². The lowest BCUT2D eigenvalue weighted by atomic mass is 10.3. The van der Waals surface area contributed by atoms with Crippen LogP contribution in [-0.4, -0.2) is 16.7 Å². The fraction of sp³-hybridized carbons (Fsp3) is 0.125. The van der Waals surface area contributed by atoms with Crippen LogP contribution in [0.5, 0.6) is 0 Å². The Bertz CT molecular complexity index is 260. The minimum Gasteiger partial charge on any atom is -0.392 e. The van der Waals surface area contributed by atoms with Gasteiger partial charge in [-0.1, -0.05) is 6.08 Å². The Labute approximate surface area is 73.7 Å². The van der Waals surface area contributed by atoms with E-state index in [-0.39, 0.29) is 6.61 Å². The van der Waals surface area contributed by atoms with Gasteiger partial charge in [-0.3, -0.25) is 4.98 Å². The van der Waals surface area contributed by atoms with Gasteiger partial charge in [0.05, 0.1) is 12.3 Å². The van der Waals surface area contributed by atoms with E-state index in [1.54, 1.807) is 18.3 Å². The highest BCUT2D eigenvalue weighted by molar-refractivity contribution is 9.10. The molecule has 2 nitrogen and oxygen atoms in total. The van der Waals surface area contributed by atoms with E-state index in [2.05, 4.69) is 20.9 Å². The molecule has 0 saturated carbocycles. The van der Waals surface area contributed by atoms with Gasteiger partial charge in [-0.15, -0.1) is 0 Å². The van der Waals surface area contributed by atoms with Gasteiger partial charge in [0.2, 0.25) is 0 Å². The number of hydrogen-bond acceptors (Lipinski definition) is 2. The first kappa shape index (κ1) is 8.43. The molecule has 1 aromatic rings. The van der Waals surface area contributed by atoms with Crippen molar-refractivity contribution in [2.45, 2.75) is 0 Å². The van der Waals surface area contributed by atoms with Gasteiger partial charge < -0.3 is 5.11 Å². The molecule has 0 bridgehead atoms. The Morgan fingerprint density at radius 3 is 3.09 bits per heavy atom. The van der Waals surface area contributed by atoms with Gasteiger partial charge in [-0.25, -0.2) is 0 Å². The summed E-state index contributed by atoms with van der Waals surface area (Å²) in [5.41, 5.74) is 0.835. The third kappa shape index (κ3) is 2.44. The summed E-state index contributed by atoms with van der Waals surface area (Å²) in [5.74, 6) is 0. The molecule has 1 N–H and O–H groups in total. The van der Waals surface area contributed by atoms with E-state index in [1.807, 2.05) is 12.1 Å². The number of aromatic nitrogens is 1. The summed E-state index contributed by atoms with van der Waals surface area (Å²) in [6.45, 7) is 0.0447. The molecule has 0 aliphatic heterocycles. The van der Waals surface area contributed by atoms with Gasteiger partial charge >= 0.3 is 0 Å². The lowest BCUT2D eigenvalue weighted by Gasteiger charge is -1.93. The fourth-order valence-corrected chi connectivity index (χ4v) is 1.07. The fourth-order valence-electron chi connectivity index (χ4n) is 0.685. The second-order valence-corrected chi connectivity index (χ2v) is 2.81.